The first-order valence-electron chi connectivity index (χ1n) is 16.7. The van der Waals surface area contributed by atoms with Crippen molar-refractivity contribution in [2.24, 2.45) is 5.41 Å². The zero-order valence-electron chi connectivity index (χ0n) is 30.0. The van der Waals surface area contributed by atoms with Crippen molar-refractivity contribution < 1.29 is 37.8 Å². The van der Waals surface area contributed by atoms with Gasteiger partial charge in [0.1, 0.15) is 11.6 Å². The Morgan fingerprint density at radius 2 is 1.68 bits per heavy atom. The number of carboxylic acids is 1. The number of carbonyl (C=O) groups is 4. The minimum Gasteiger partial charge on any atom is -0.481 e. The predicted molar refractivity (Wildman–Crippen MR) is 191 cm³/mol. The van der Waals surface area contributed by atoms with Crippen molar-refractivity contribution in [2.45, 2.75) is 84.9 Å². The van der Waals surface area contributed by atoms with Gasteiger partial charge in [0, 0.05) is 64.1 Å². The SMILES string of the molecule is CC(=O)N(C[C@H](CNC(=O)OCC[Si](C)(C)C)NC(=O)CCC(=O)O)[C@@H](c1cc(-c2cc(F)ccc2F)cn1Cc1ccccc1)C(C)(C)C. The van der Waals surface area contributed by atoms with Crippen molar-refractivity contribution in [3.05, 3.63) is 83.7 Å². The summed E-state index contributed by atoms with van der Waals surface area (Å²) in [5, 5.41) is 14.6. The van der Waals surface area contributed by atoms with E-state index < -0.39 is 61.6 Å². The highest BCUT2D eigenvalue weighted by atomic mass is 28.3. The van der Waals surface area contributed by atoms with Crippen molar-refractivity contribution >= 4 is 32.0 Å². The van der Waals surface area contributed by atoms with Gasteiger partial charge in [0.25, 0.3) is 0 Å². The van der Waals surface area contributed by atoms with Crippen LogP contribution in [0.2, 0.25) is 25.7 Å². The van der Waals surface area contributed by atoms with Gasteiger partial charge in [0.2, 0.25) is 11.8 Å². The molecule has 0 radical (unpaired) electrons. The average Bonchev–Trinajstić information content (AvgIpc) is 3.41. The Kier molecular flexibility index (Phi) is 13.9. The third kappa shape index (κ3) is 12.4. The molecule has 0 saturated carbocycles. The van der Waals surface area contributed by atoms with E-state index in [9.17, 15) is 23.6 Å². The Bertz CT molecular complexity index is 1630. The third-order valence-electron chi connectivity index (χ3n) is 8.11. The molecule has 2 atom stereocenters. The van der Waals surface area contributed by atoms with E-state index in [2.05, 4.69) is 30.3 Å². The molecule has 0 unspecified atom stereocenters. The highest BCUT2D eigenvalue weighted by Gasteiger charge is 2.37. The molecule has 3 aromatic rings. The van der Waals surface area contributed by atoms with Crippen molar-refractivity contribution in [3.63, 3.8) is 0 Å². The van der Waals surface area contributed by atoms with E-state index in [1.54, 1.807) is 17.2 Å². The lowest BCUT2D eigenvalue weighted by atomic mass is 9.82. The van der Waals surface area contributed by atoms with E-state index in [1.807, 2.05) is 55.7 Å². The van der Waals surface area contributed by atoms with Crippen LogP contribution in [0.25, 0.3) is 11.1 Å². The molecule has 0 saturated heterocycles. The number of aromatic nitrogens is 1. The van der Waals surface area contributed by atoms with Crippen molar-refractivity contribution in [1.29, 1.82) is 0 Å². The quantitative estimate of drug-likeness (QED) is 0.140. The molecule has 0 spiro atoms. The molecule has 0 bridgehead atoms. The van der Waals surface area contributed by atoms with Crippen molar-refractivity contribution in [2.75, 3.05) is 19.7 Å². The number of carbonyl (C=O) groups excluding carboxylic acids is 3. The van der Waals surface area contributed by atoms with Crippen LogP contribution >= 0.6 is 0 Å². The van der Waals surface area contributed by atoms with E-state index in [0.29, 0.717) is 17.8 Å². The molecule has 0 aliphatic carbocycles. The molecule has 0 aliphatic heterocycles. The first-order chi connectivity index (χ1) is 23.3. The fourth-order valence-electron chi connectivity index (χ4n) is 5.65. The summed E-state index contributed by atoms with van der Waals surface area (Å²) in [4.78, 5) is 51.8. The Morgan fingerprint density at radius 1 is 1.00 bits per heavy atom. The summed E-state index contributed by atoms with van der Waals surface area (Å²) in [5.74, 6) is -3.22. The number of ether oxygens (including phenoxy) is 1. The lowest BCUT2D eigenvalue weighted by molar-refractivity contribution is -0.139. The fraction of sp³-hybridized carbons (Fsp3) is 0.459. The number of hydrogen-bond donors (Lipinski definition) is 3. The van der Waals surface area contributed by atoms with Crippen LogP contribution in [0.4, 0.5) is 13.6 Å². The van der Waals surface area contributed by atoms with Crippen LogP contribution in [0, 0.1) is 17.0 Å². The summed E-state index contributed by atoms with van der Waals surface area (Å²) in [6.45, 7) is 14.2. The van der Waals surface area contributed by atoms with Gasteiger partial charge in [0.05, 0.1) is 25.1 Å². The summed E-state index contributed by atoms with van der Waals surface area (Å²) in [7, 11) is -1.46. The molecule has 1 aromatic heterocycles. The van der Waals surface area contributed by atoms with Crippen molar-refractivity contribution in [1.82, 2.24) is 20.1 Å². The van der Waals surface area contributed by atoms with E-state index >= 15 is 4.39 Å². The highest BCUT2D eigenvalue weighted by molar-refractivity contribution is 6.76. The molecule has 3 rings (SSSR count). The molecular weight excluding hydrogens is 663 g/mol. The highest BCUT2D eigenvalue weighted by Crippen LogP contribution is 2.41. The predicted octanol–water partition coefficient (Wildman–Crippen LogP) is 6.83. The molecule has 0 aliphatic rings. The van der Waals surface area contributed by atoms with E-state index in [1.165, 1.54) is 6.92 Å². The number of carboxylic acid groups (broad SMARTS) is 1. The molecule has 272 valence electrons. The summed E-state index contributed by atoms with van der Waals surface area (Å²) in [6, 6.07) is 13.9. The second-order valence-electron chi connectivity index (χ2n) is 14.8. The number of amides is 3. The molecule has 13 heteroatoms. The first-order valence-corrected chi connectivity index (χ1v) is 20.4. The van der Waals surface area contributed by atoms with Gasteiger partial charge in [0.15, 0.2) is 0 Å². The molecule has 1 heterocycles. The number of halogens is 2. The molecule has 0 fully saturated rings. The Balaban J connectivity index is 2.05. The van der Waals surface area contributed by atoms with Gasteiger partial charge in [-0.3, -0.25) is 14.4 Å². The lowest BCUT2D eigenvalue weighted by Crippen LogP contribution is -2.53. The number of alkyl carbamates (subject to hydrolysis) is 1. The molecule has 50 heavy (non-hydrogen) atoms. The van der Waals surface area contributed by atoms with Gasteiger partial charge in [-0.1, -0.05) is 70.7 Å². The lowest BCUT2D eigenvalue weighted by Gasteiger charge is -2.42. The number of hydrogen-bond acceptors (Lipinski definition) is 5. The maximum Gasteiger partial charge on any atom is 0.407 e. The number of aliphatic carboxylic acids is 1. The van der Waals surface area contributed by atoms with Crippen LogP contribution in [0.1, 0.15) is 57.8 Å². The van der Waals surface area contributed by atoms with Gasteiger partial charge in [-0.15, -0.1) is 0 Å². The molecule has 3 N–H and O–H groups in total. The van der Waals surface area contributed by atoms with E-state index in [-0.39, 0.29) is 37.6 Å². The average molecular weight is 713 g/mol. The van der Waals surface area contributed by atoms with Gasteiger partial charge < -0.3 is 29.9 Å². The summed E-state index contributed by atoms with van der Waals surface area (Å²) < 4.78 is 36.7. The topological polar surface area (TPSA) is 130 Å². The maximum absolute atomic E-state index is 15.1. The van der Waals surface area contributed by atoms with Crippen LogP contribution in [-0.4, -0.2) is 72.3 Å². The summed E-state index contributed by atoms with van der Waals surface area (Å²) in [6.07, 6.45) is 0.379. The van der Waals surface area contributed by atoms with Crippen LogP contribution in [-0.2, 0) is 25.7 Å². The summed E-state index contributed by atoms with van der Waals surface area (Å²) >= 11 is 0. The first kappa shape index (κ1) is 39.9. The van der Waals surface area contributed by atoms with Gasteiger partial charge >= 0.3 is 12.1 Å². The fourth-order valence-corrected chi connectivity index (χ4v) is 6.37. The number of nitrogens with zero attached hydrogens (tertiary/aromatic N) is 2. The molecule has 3 amide bonds. The molecule has 10 nitrogen and oxygen atoms in total. The largest absolute Gasteiger partial charge is 0.481 e. The molecular formula is C37H50F2N4O6Si. The van der Waals surface area contributed by atoms with Gasteiger partial charge in [-0.2, -0.15) is 0 Å². The minimum atomic E-state index is -1.46. The minimum absolute atomic E-state index is 0.0640. The Morgan fingerprint density at radius 3 is 2.28 bits per heavy atom. The van der Waals surface area contributed by atoms with Crippen LogP contribution in [0.3, 0.4) is 0 Å². The third-order valence-corrected chi connectivity index (χ3v) is 9.81. The van der Waals surface area contributed by atoms with E-state index in [0.717, 1.165) is 29.8 Å². The number of nitrogens with one attached hydrogen (secondary N) is 2. The van der Waals surface area contributed by atoms with E-state index in [4.69, 9.17) is 9.84 Å². The number of rotatable bonds is 16. The zero-order valence-corrected chi connectivity index (χ0v) is 31.0. The monoisotopic (exact) mass is 712 g/mol. The Hall–Kier alpha value is -4.52. The van der Waals surface area contributed by atoms with Gasteiger partial charge in [-0.05, 0) is 41.3 Å². The van der Waals surface area contributed by atoms with Crippen LogP contribution in [0.5, 0.6) is 0 Å². The Labute approximate surface area is 294 Å². The molecule has 2 aromatic carbocycles. The number of benzene rings is 2. The smallest absolute Gasteiger partial charge is 0.407 e. The second kappa shape index (κ2) is 17.4. The van der Waals surface area contributed by atoms with Gasteiger partial charge in [-0.25, -0.2) is 13.6 Å². The zero-order chi connectivity index (χ0) is 37.2. The van der Waals surface area contributed by atoms with Crippen molar-refractivity contribution in [3.8, 4) is 11.1 Å². The second-order valence-corrected chi connectivity index (χ2v) is 20.4. The standard InChI is InChI=1S/C37H50F2N4O6Si/c1-25(44)43(24-29(41-33(45)15-16-34(46)47)21-40-36(48)49-17-18-50(5,6)7)35(37(2,3)4)32-19-27(30-20-28(38)13-14-31(30)39)23-42(32)22-26-11-9-8-10-12-26/h8-14,19-20,23,29,35H,15-18,21-22,24H2,1-7H3,(H,40,48)(H,41,45)(H,46,47)/t29-,35-/m0/s1. The summed E-state index contributed by atoms with van der Waals surface area (Å²) in [5.41, 5.74) is 1.45. The normalized spacial score (nSPS) is 12.9. The maximum atomic E-state index is 15.1. The van der Waals surface area contributed by atoms with Crippen LogP contribution < -0.4 is 10.6 Å². The van der Waals surface area contributed by atoms with Crippen LogP contribution in [0.15, 0.2) is 60.8 Å².